The highest BCUT2D eigenvalue weighted by molar-refractivity contribution is 6.30. The highest BCUT2D eigenvalue weighted by Crippen LogP contribution is 2.18. The van der Waals surface area contributed by atoms with Crippen molar-refractivity contribution >= 4 is 17.7 Å². The van der Waals surface area contributed by atoms with E-state index in [1.807, 2.05) is 27.7 Å². The number of imidazole rings is 1. The molecule has 2 N–H and O–H groups in total. The summed E-state index contributed by atoms with van der Waals surface area (Å²) < 4.78 is 18.1. The van der Waals surface area contributed by atoms with Gasteiger partial charge in [0, 0.05) is 11.2 Å². The Kier molecular flexibility index (Phi) is 6.86. The molecule has 27 heavy (non-hydrogen) atoms. The van der Waals surface area contributed by atoms with E-state index in [0.29, 0.717) is 22.3 Å². The van der Waals surface area contributed by atoms with Crippen LogP contribution < -0.4 is 10.5 Å². The van der Waals surface area contributed by atoms with Crippen LogP contribution in [0.25, 0.3) is 0 Å². The van der Waals surface area contributed by atoms with Crippen molar-refractivity contribution in [1.82, 2.24) is 9.55 Å². The number of benzene rings is 1. The molecule has 1 aromatic carbocycles. The number of hydrogen-bond donors (Lipinski definition) is 1. The monoisotopic (exact) mass is 395 g/mol. The predicted molar refractivity (Wildman–Crippen MR) is 103 cm³/mol. The molecule has 1 heterocycles. The van der Waals surface area contributed by atoms with Gasteiger partial charge in [-0.05, 0) is 58.9 Å². The average Bonchev–Trinajstić information content (AvgIpc) is 2.94. The molecule has 0 radical (unpaired) electrons. The minimum absolute atomic E-state index is 0.145. The van der Waals surface area contributed by atoms with Gasteiger partial charge >= 0.3 is 6.09 Å². The molecule has 0 amide bonds. The predicted octanol–water partition coefficient (Wildman–Crippen LogP) is 3.90. The molecule has 8 heteroatoms. The largest absolute Gasteiger partial charge is 0.487 e. The van der Waals surface area contributed by atoms with Gasteiger partial charge in [-0.15, -0.1) is 0 Å². The minimum atomic E-state index is -0.673. The number of aromatic nitrogens is 2. The third-order valence-electron chi connectivity index (χ3n) is 3.54. The van der Waals surface area contributed by atoms with E-state index in [1.54, 1.807) is 37.4 Å². The fourth-order valence-electron chi connectivity index (χ4n) is 2.21. The molecule has 0 saturated carbocycles. The second-order valence-electron chi connectivity index (χ2n) is 7.18. The number of hydrogen-bond acceptors (Lipinski definition) is 6. The Morgan fingerprint density at radius 1 is 1.30 bits per heavy atom. The zero-order valence-corrected chi connectivity index (χ0v) is 17.0. The summed E-state index contributed by atoms with van der Waals surface area (Å²) in [5.74, 6) is 1.16. The van der Waals surface area contributed by atoms with Crippen LogP contribution in [0.1, 0.15) is 39.2 Å². The molecule has 1 aromatic heterocycles. The van der Waals surface area contributed by atoms with E-state index in [1.165, 1.54) is 4.57 Å². The van der Waals surface area contributed by atoms with Crippen molar-refractivity contribution < 1.29 is 19.0 Å². The van der Waals surface area contributed by atoms with Gasteiger partial charge in [0.25, 0.3) is 0 Å². The summed E-state index contributed by atoms with van der Waals surface area (Å²) in [6, 6.07) is 7.00. The number of aryl methyl sites for hydroxylation is 1. The first kappa shape index (κ1) is 21.2. The van der Waals surface area contributed by atoms with Crippen molar-refractivity contribution in [3.63, 3.8) is 0 Å². The maximum absolute atomic E-state index is 12.2. The summed E-state index contributed by atoms with van der Waals surface area (Å²) >= 11 is 5.85. The summed E-state index contributed by atoms with van der Waals surface area (Å²) in [5.41, 5.74) is 6.03. The smallest absolute Gasteiger partial charge is 0.419 e. The van der Waals surface area contributed by atoms with E-state index in [4.69, 9.17) is 31.5 Å². The molecule has 0 saturated heterocycles. The minimum Gasteiger partial charge on any atom is -0.487 e. The molecule has 148 valence electrons. The van der Waals surface area contributed by atoms with Crippen molar-refractivity contribution in [2.45, 2.75) is 59.2 Å². The van der Waals surface area contributed by atoms with Gasteiger partial charge in [-0.1, -0.05) is 11.6 Å². The lowest BCUT2D eigenvalue weighted by atomic mass is 10.2. The van der Waals surface area contributed by atoms with Gasteiger partial charge in [0.1, 0.15) is 29.5 Å². The second-order valence-corrected chi connectivity index (χ2v) is 7.62. The zero-order chi connectivity index (χ0) is 20.2. The fraction of sp³-hybridized carbons (Fsp3) is 0.474. The molecule has 2 rings (SSSR count). The zero-order valence-electron chi connectivity index (χ0n) is 16.2. The highest BCUT2D eigenvalue weighted by Gasteiger charge is 2.21. The molecule has 0 fully saturated rings. The van der Waals surface area contributed by atoms with E-state index in [0.717, 1.165) is 0 Å². The lowest BCUT2D eigenvalue weighted by Gasteiger charge is -2.21. The van der Waals surface area contributed by atoms with Crippen molar-refractivity contribution in [2.24, 2.45) is 5.73 Å². The van der Waals surface area contributed by atoms with Crippen molar-refractivity contribution in [1.29, 1.82) is 0 Å². The number of ether oxygens (including phenoxy) is 3. The summed E-state index contributed by atoms with van der Waals surface area (Å²) in [4.78, 5) is 16.5. The van der Waals surface area contributed by atoms with Crippen LogP contribution in [0.15, 0.2) is 30.5 Å². The Hall–Kier alpha value is -2.09. The molecular weight excluding hydrogens is 370 g/mol. The van der Waals surface area contributed by atoms with E-state index in [-0.39, 0.29) is 12.7 Å². The SMILES string of the molecule is Cc1nc(COC(N)[C@H](C)Oc2ccc(Cl)cc2)cn1C(=O)OC(C)(C)C. The summed E-state index contributed by atoms with van der Waals surface area (Å²) in [5, 5.41) is 0.631. The third kappa shape index (κ3) is 6.53. The van der Waals surface area contributed by atoms with E-state index in [9.17, 15) is 4.79 Å². The van der Waals surface area contributed by atoms with Crippen LogP contribution >= 0.6 is 11.6 Å². The summed E-state index contributed by atoms with van der Waals surface area (Å²) in [6.45, 7) is 9.10. The van der Waals surface area contributed by atoms with Gasteiger partial charge in [0.15, 0.2) is 0 Å². The fourth-order valence-corrected chi connectivity index (χ4v) is 2.34. The Morgan fingerprint density at radius 2 is 1.93 bits per heavy atom. The van der Waals surface area contributed by atoms with Crippen LogP contribution in [-0.4, -0.2) is 33.6 Å². The maximum Gasteiger partial charge on any atom is 0.419 e. The van der Waals surface area contributed by atoms with E-state index >= 15 is 0 Å². The van der Waals surface area contributed by atoms with Crippen molar-refractivity contribution in [3.05, 3.63) is 47.0 Å². The normalized spacial score (nSPS) is 13.9. The molecule has 0 aliphatic carbocycles. The van der Waals surface area contributed by atoms with Gasteiger partial charge in [-0.3, -0.25) is 0 Å². The Morgan fingerprint density at radius 3 is 2.52 bits per heavy atom. The van der Waals surface area contributed by atoms with Gasteiger partial charge in [0.2, 0.25) is 0 Å². The lowest BCUT2D eigenvalue weighted by Crippen LogP contribution is -2.38. The first-order chi connectivity index (χ1) is 12.5. The summed E-state index contributed by atoms with van der Waals surface area (Å²) in [6.07, 6.45) is 0.0382. The van der Waals surface area contributed by atoms with Crippen molar-refractivity contribution in [2.75, 3.05) is 0 Å². The van der Waals surface area contributed by atoms with Crippen LogP contribution in [0.3, 0.4) is 0 Å². The van der Waals surface area contributed by atoms with Crippen LogP contribution in [0.4, 0.5) is 4.79 Å². The molecule has 0 bridgehead atoms. The van der Waals surface area contributed by atoms with E-state index < -0.39 is 17.9 Å². The number of nitrogens with two attached hydrogens (primary N) is 1. The topological polar surface area (TPSA) is 88.6 Å². The van der Waals surface area contributed by atoms with Crippen LogP contribution in [-0.2, 0) is 16.1 Å². The quantitative estimate of drug-likeness (QED) is 0.746. The van der Waals surface area contributed by atoms with Crippen LogP contribution in [0.5, 0.6) is 5.75 Å². The van der Waals surface area contributed by atoms with Gasteiger partial charge in [-0.25, -0.2) is 14.3 Å². The Labute approximate surface area is 164 Å². The van der Waals surface area contributed by atoms with E-state index in [2.05, 4.69) is 4.98 Å². The molecule has 2 aromatic rings. The Balaban J connectivity index is 1.91. The molecular formula is C19H26ClN3O4. The van der Waals surface area contributed by atoms with Gasteiger partial charge in [-0.2, -0.15) is 0 Å². The molecule has 2 atom stereocenters. The van der Waals surface area contributed by atoms with Gasteiger partial charge < -0.3 is 19.9 Å². The highest BCUT2D eigenvalue weighted by atomic mass is 35.5. The molecule has 0 spiro atoms. The number of carbonyl (C=O) groups is 1. The molecule has 7 nitrogen and oxygen atoms in total. The molecule has 0 aliphatic rings. The van der Waals surface area contributed by atoms with Crippen molar-refractivity contribution in [3.8, 4) is 5.75 Å². The molecule has 1 unspecified atom stereocenters. The number of nitrogens with zero attached hydrogens (tertiary/aromatic N) is 2. The first-order valence-electron chi connectivity index (χ1n) is 8.63. The van der Waals surface area contributed by atoms with Gasteiger partial charge in [0.05, 0.1) is 12.3 Å². The standard InChI is InChI=1S/C19H26ClN3O4/c1-12(26-16-8-6-14(20)7-9-16)17(21)25-11-15-10-23(13(2)22-15)18(24)27-19(3,4)5/h6-10,12,17H,11,21H2,1-5H3/t12-,17?/m0/s1. The Bertz CT molecular complexity index is 768. The number of carbonyl (C=O) groups excluding carboxylic acids is 1. The maximum atomic E-state index is 12.2. The van der Waals surface area contributed by atoms with Crippen LogP contribution in [0.2, 0.25) is 5.02 Å². The molecule has 0 aliphatic heterocycles. The van der Waals surface area contributed by atoms with Crippen LogP contribution in [0, 0.1) is 6.92 Å². The number of rotatable bonds is 6. The number of halogens is 1. The first-order valence-corrected chi connectivity index (χ1v) is 9.00. The summed E-state index contributed by atoms with van der Waals surface area (Å²) in [7, 11) is 0. The second kappa shape index (κ2) is 8.73. The third-order valence-corrected chi connectivity index (χ3v) is 3.80. The average molecular weight is 396 g/mol. The lowest BCUT2D eigenvalue weighted by molar-refractivity contribution is -0.0249.